The van der Waals surface area contributed by atoms with Crippen molar-refractivity contribution in [3.63, 3.8) is 0 Å². The van der Waals surface area contributed by atoms with Gasteiger partial charge >= 0.3 is 6.29 Å². The van der Waals surface area contributed by atoms with Crippen LogP contribution < -0.4 is 13.8 Å². The van der Waals surface area contributed by atoms with Gasteiger partial charge in [0.1, 0.15) is 5.82 Å². The molecular formula is C27H29F2N3O6S2. The Kier molecular flexibility index (Phi) is 7.04. The van der Waals surface area contributed by atoms with Crippen LogP contribution in [0.5, 0.6) is 11.5 Å². The molecule has 0 unspecified atom stereocenters. The van der Waals surface area contributed by atoms with Gasteiger partial charge in [-0.05, 0) is 75.9 Å². The number of hydrogen-bond donors (Lipinski definition) is 0. The quantitative estimate of drug-likeness (QED) is 0.409. The molecule has 3 aromatic rings. The molecule has 5 rings (SSSR count). The Bertz CT molecular complexity index is 1670. The maximum absolute atomic E-state index is 14.2. The molecule has 1 saturated heterocycles. The first-order chi connectivity index (χ1) is 18.7. The van der Waals surface area contributed by atoms with Crippen LogP contribution in [-0.4, -0.2) is 51.6 Å². The van der Waals surface area contributed by atoms with Crippen molar-refractivity contribution in [2.75, 3.05) is 17.4 Å². The summed E-state index contributed by atoms with van der Waals surface area (Å²) in [5.41, 5.74) is 2.82. The van der Waals surface area contributed by atoms with Gasteiger partial charge in [-0.1, -0.05) is 23.8 Å². The molecule has 0 amide bonds. The molecule has 9 nitrogen and oxygen atoms in total. The largest absolute Gasteiger partial charge is 0.586 e. The van der Waals surface area contributed by atoms with Crippen molar-refractivity contribution in [2.45, 2.75) is 62.7 Å². The lowest BCUT2D eigenvalue weighted by Gasteiger charge is -2.38. The SMILES string of the molecule is Cc1cc(C)c(S(=O)(=O)N(c2cccc(C)n2)C2CCN(S(=O)(=O)c3ccc4c(c3)OC(F)(F)O4)CC2)c(C)c1. The van der Waals surface area contributed by atoms with Gasteiger partial charge in [-0.25, -0.2) is 26.1 Å². The van der Waals surface area contributed by atoms with Gasteiger partial charge in [0.2, 0.25) is 10.0 Å². The van der Waals surface area contributed by atoms with Crippen LogP contribution >= 0.6 is 0 Å². The van der Waals surface area contributed by atoms with E-state index in [1.54, 1.807) is 39.0 Å². The number of ether oxygens (including phenoxy) is 2. The molecule has 2 aliphatic heterocycles. The van der Waals surface area contributed by atoms with Crippen LogP contribution in [0.3, 0.4) is 0 Å². The van der Waals surface area contributed by atoms with Crippen molar-refractivity contribution in [3.05, 3.63) is 70.9 Å². The number of alkyl halides is 2. The van der Waals surface area contributed by atoms with E-state index in [1.807, 2.05) is 19.1 Å². The third kappa shape index (κ3) is 5.13. The van der Waals surface area contributed by atoms with Crippen molar-refractivity contribution in [1.29, 1.82) is 0 Å². The first-order valence-electron chi connectivity index (χ1n) is 12.6. The summed E-state index contributed by atoms with van der Waals surface area (Å²) in [4.78, 5) is 4.49. The number of pyridine rings is 1. The first kappa shape index (κ1) is 28.2. The van der Waals surface area contributed by atoms with E-state index in [-0.39, 0.29) is 53.0 Å². The second kappa shape index (κ2) is 9.96. The van der Waals surface area contributed by atoms with Gasteiger partial charge in [0, 0.05) is 30.9 Å². The molecule has 0 saturated carbocycles. The van der Waals surface area contributed by atoms with E-state index in [0.717, 1.165) is 17.7 Å². The Hall–Kier alpha value is -3.29. The molecule has 0 bridgehead atoms. The van der Waals surface area contributed by atoms with Crippen molar-refractivity contribution in [1.82, 2.24) is 9.29 Å². The molecule has 0 N–H and O–H groups in total. The second-order valence-electron chi connectivity index (χ2n) is 10.1. The van der Waals surface area contributed by atoms with E-state index in [0.29, 0.717) is 16.8 Å². The van der Waals surface area contributed by atoms with Gasteiger partial charge in [0.15, 0.2) is 11.5 Å². The zero-order chi connectivity index (χ0) is 29.0. The maximum Gasteiger partial charge on any atom is 0.586 e. The number of sulfonamides is 2. The summed E-state index contributed by atoms with van der Waals surface area (Å²) in [5, 5.41) is 0. The summed E-state index contributed by atoms with van der Waals surface area (Å²) in [6.07, 6.45) is -3.47. The van der Waals surface area contributed by atoms with E-state index < -0.39 is 32.4 Å². The molecule has 3 heterocycles. The van der Waals surface area contributed by atoms with Crippen LogP contribution in [0.25, 0.3) is 0 Å². The number of anilines is 1. The highest BCUT2D eigenvalue weighted by molar-refractivity contribution is 7.93. The molecular weight excluding hydrogens is 564 g/mol. The van der Waals surface area contributed by atoms with Crippen LogP contribution in [0.4, 0.5) is 14.6 Å². The summed E-state index contributed by atoms with van der Waals surface area (Å²) in [6.45, 7) is 7.21. The van der Waals surface area contributed by atoms with Crippen LogP contribution in [0.2, 0.25) is 0 Å². The Labute approximate surface area is 232 Å². The predicted molar refractivity (Wildman–Crippen MR) is 144 cm³/mol. The second-order valence-corrected chi connectivity index (χ2v) is 13.8. The highest BCUT2D eigenvalue weighted by atomic mass is 32.2. The standard InChI is InChI=1S/C27H29F2N3O6S2/c1-17-14-18(2)26(19(3)15-17)40(35,36)32(25-7-5-6-20(4)30-25)21-10-12-31(13-11-21)39(33,34)22-8-9-23-24(16-22)38-27(28,29)37-23/h5-9,14-16,21H,10-13H2,1-4H3. The van der Waals surface area contributed by atoms with E-state index in [4.69, 9.17) is 0 Å². The molecule has 0 spiro atoms. The highest BCUT2D eigenvalue weighted by Gasteiger charge is 2.44. The van der Waals surface area contributed by atoms with Crippen molar-refractivity contribution in [3.8, 4) is 11.5 Å². The maximum atomic E-state index is 14.2. The minimum Gasteiger partial charge on any atom is -0.395 e. The Morgan fingerprint density at radius 3 is 2.15 bits per heavy atom. The van der Waals surface area contributed by atoms with Crippen molar-refractivity contribution >= 4 is 25.9 Å². The lowest BCUT2D eigenvalue weighted by atomic mass is 10.1. The number of halogens is 2. The lowest BCUT2D eigenvalue weighted by molar-refractivity contribution is -0.286. The fourth-order valence-corrected chi connectivity index (χ4v) is 8.95. The average Bonchev–Trinajstić information content (AvgIpc) is 3.16. The van der Waals surface area contributed by atoms with E-state index in [1.165, 1.54) is 14.7 Å². The third-order valence-electron chi connectivity index (χ3n) is 6.99. The molecule has 13 heteroatoms. The molecule has 0 radical (unpaired) electrons. The van der Waals surface area contributed by atoms with Gasteiger partial charge in [0.05, 0.1) is 9.79 Å². The van der Waals surface area contributed by atoms with E-state index in [2.05, 4.69) is 14.5 Å². The number of piperidine rings is 1. The number of aromatic nitrogens is 1. The first-order valence-corrected chi connectivity index (χ1v) is 15.5. The molecule has 2 aromatic carbocycles. The van der Waals surface area contributed by atoms with Crippen LogP contribution in [-0.2, 0) is 20.0 Å². The zero-order valence-electron chi connectivity index (χ0n) is 22.4. The summed E-state index contributed by atoms with van der Waals surface area (Å²) >= 11 is 0. The van der Waals surface area contributed by atoms with Crippen LogP contribution in [0.1, 0.15) is 35.2 Å². The molecule has 0 atom stereocenters. The smallest absolute Gasteiger partial charge is 0.395 e. The Morgan fingerprint density at radius 2 is 1.52 bits per heavy atom. The topological polar surface area (TPSA) is 106 Å². The van der Waals surface area contributed by atoms with Gasteiger partial charge in [-0.15, -0.1) is 8.78 Å². The Morgan fingerprint density at radius 1 is 0.900 bits per heavy atom. The molecule has 1 fully saturated rings. The Balaban J connectivity index is 1.45. The zero-order valence-corrected chi connectivity index (χ0v) is 24.0. The summed E-state index contributed by atoms with van der Waals surface area (Å²) in [6, 6.07) is 11.5. The molecule has 214 valence electrons. The van der Waals surface area contributed by atoms with Crippen molar-refractivity contribution < 1.29 is 35.1 Å². The van der Waals surface area contributed by atoms with Gasteiger partial charge in [-0.3, -0.25) is 0 Å². The van der Waals surface area contributed by atoms with Crippen LogP contribution in [0, 0.1) is 27.7 Å². The number of fused-ring (bicyclic) bond motifs is 1. The van der Waals surface area contributed by atoms with Gasteiger partial charge < -0.3 is 9.47 Å². The molecule has 0 aliphatic carbocycles. The fourth-order valence-electron chi connectivity index (χ4n) is 5.39. The number of benzene rings is 2. The highest BCUT2D eigenvalue weighted by Crippen LogP contribution is 2.42. The number of aryl methyl sites for hydroxylation is 4. The predicted octanol–water partition coefficient (Wildman–Crippen LogP) is 4.69. The fraction of sp³-hybridized carbons (Fsp3) is 0.370. The third-order valence-corrected chi connectivity index (χ3v) is 11.0. The summed E-state index contributed by atoms with van der Waals surface area (Å²) < 4.78 is 93.4. The molecule has 2 aliphatic rings. The average molecular weight is 594 g/mol. The number of rotatable bonds is 6. The van der Waals surface area contributed by atoms with Crippen molar-refractivity contribution in [2.24, 2.45) is 0 Å². The van der Waals surface area contributed by atoms with Gasteiger partial charge in [-0.2, -0.15) is 4.31 Å². The van der Waals surface area contributed by atoms with Crippen LogP contribution in [0.15, 0.2) is 58.3 Å². The minimum atomic E-state index is -4.08. The van der Waals surface area contributed by atoms with E-state index in [9.17, 15) is 25.6 Å². The number of nitrogens with zero attached hydrogens (tertiary/aromatic N) is 3. The normalized spacial score (nSPS) is 17.6. The lowest BCUT2D eigenvalue weighted by Crippen LogP contribution is -2.49. The molecule has 1 aromatic heterocycles. The molecule has 40 heavy (non-hydrogen) atoms. The number of hydrogen-bond acceptors (Lipinski definition) is 7. The summed E-state index contributed by atoms with van der Waals surface area (Å²) in [7, 11) is -8.15. The van der Waals surface area contributed by atoms with Gasteiger partial charge in [0.25, 0.3) is 10.0 Å². The van der Waals surface area contributed by atoms with E-state index >= 15 is 0 Å². The minimum absolute atomic E-state index is 0.0152. The summed E-state index contributed by atoms with van der Waals surface area (Å²) in [5.74, 6) is -0.360. The monoisotopic (exact) mass is 593 g/mol.